The average Bonchev–Trinajstić information content (AvgIpc) is 0.772. The maximum Gasteiger partial charge on any atom is 0.397 e. The van der Waals surface area contributed by atoms with Gasteiger partial charge >= 0.3 is 20.8 Å². The van der Waals surface area contributed by atoms with Crippen LogP contribution in [0.1, 0.15) is 34.6 Å². The summed E-state index contributed by atoms with van der Waals surface area (Å²) in [6, 6.07) is -9.63. The van der Waals surface area contributed by atoms with Crippen molar-refractivity contribution in [2.24, 2.45) is 0 Å². The largest absolute Gasteiger partial charge is 0.397 e. The van der Waals surface area contributed by atoms with Gasteiger partial charge in [-0.05, 0) is 0 Å². The van der Waals surface area contributed by atoms with E-state index >= 15 is 0 Å². The van der Waals surface area contributed by atoms with Gasteiger partial charge in [0.1, 0.15) is 195 Å². The molecule has 8 rings (SSSR count). The molecule has 40 atom stereocenters. The Bertz CT molecular complexity index is 3320. The summed E-state index contributed by atoms with van der Waals surface area (Å²) in [7, 11) is -10.8. The van der Waals surface area contributed by atoms with Gasteiger partial charge in [0.25, 0.3) is 0 Å². The van der Waals surface area contributed by atoms with Crippen LogP contribution >= 0.6 is 0 Å². The number of aliphatic hydroxyl groups is 19. The molecule has 0 aliphatic carbocycles. The first-order valence-corrected chi connectivity index (χ1v) is 37.1. The molecule has 648 valence electrons. The summed E-state index contributed by atoms with van der Waals surface area (Å²) in [5, 5.41) is 225. The van der Waals surface area contributed by atoms with E-state index in [-0.39, 0.29) is 0 Å². The van der Waals surface area contributed by atoms with Gasteiger partial charge in [-0.2, -0.15) is 16.8 Å². The molecule has 8 aliphatic heterocycles. The smallest absolute Gasteiger partial charge is 0.394 e. The molecule has 54 heteroatoms. The van der Waals surface area contributed by atoms with Crippen LogP contribution in [-0.2, 0) is 124 Å². The zero-order valence-electron chi connectivity index (χ0n) is 59.6. The van der Waals surface area contributed by atoms with Gasteiger partial charge < -0.3 is 195 Å². The van der Waals surface area contributed by atoms with Crippen LogP contribution in [0.2, 0.25) is 0 Å². The van der Waals surface area contributed by atoms with E-state index < -0.39 is 349 Å². The molecule has 0 spiro atoms. The standard InChI is InChI=1S/C58H97N5O47S2/c1-14(71)59-27-35(79)43(21(8-66)95-51(27)87)105-56-42(86)48(106-58-50(41(85)33(77)20(7-65)97-58)108-55-29(61-16(3)73)37(81)45(23(10-68)99-55)104-53-31(63-18(5)75)39(83)47(25(12-70)101-53)110-112(91,92)93)34(78)26(102-56)13-94-57-49(40(84)32(76)19(6-64)96-57)107-54-28(60-15(2)72)36(80)44(22(9-67)98-54)103-52-30(62-17(4)74)38(82)46(24(11-69)100-52)109-111(88,89)90/h19-58,64-70,76-87H,6-13H2,1-5H3,(H,59,71)(H,60,72)(H,61,73)(H,62,74)(H,63,75)(H,88,89,90)(H,91,92,93)/t19-,20-,21-,22-,23-,24-,25-,26-,27-,28-,29-,30-,31-,32-,33-,34-,35-,36-,37-,38-,39-,40+,41+,42+,43-,44-,45-,46+,47+,48+,49+,50+,51?,52+,53+,54+,55+,56+,57+,58-/m1/s1. The zero-order valence-corrected chi connectivity index (χ0v) is 61.2. The van der Waals surface area contributed by atoms with Gasteiger partial charge in [-0.1, -0.05) is 0 Å². The lowest BCUT2D eigenvalue weighted by Crippen LogP contribution is -2.71. The average molecular weight is 1680 g/mol. The minimum atomic E-state index is -5.42. The topological polar surface area (TPSA) is 796 Å². The number of aliphatic hydroxyl groups excluding tert-OH is 19. The molecule has 8 fully saturated rings. The lowest BCUT2D eigenvalue weighted by molar-refractivity contribution is -0.396. The molecule has 26 N–H and O–H groups in total. The highest BCUT2D eigenvalue weighted by Gasteiger charge is 2.61. The summed E-state index contributed by atoms with van der Waals surface area (Å²) in [6.07, 6.45) is -75.8. The molecule has 8 aliphatic rings. The van der Waals surface area contributed by atoms with Crippen molar-refractivity contribution in [1.82, 2.24) is 26.6 Å². The van der Waals surface area contributed by atoms with Crippen molar-refractivity contribution < 1.29 is 226 Å². The van der Waals surface area contributed by atoms with Crippen molar-refractivity contribution in [2.45, 2.75) is 280 Å². The van der Waals surface area contributed by atoms with E-state index in [0.29, 0.717) is 0 Å². The SMILES string of the molecule is CC(=O)N[C@H]1[C@H](O[C@H]2[C@H](O)[C@@H](NC(C)=O)[C@H](O[C@@H]3[C@@H](OC[C@H]4O[C@@H](O[C@H]5[C@H](O)[C@@H](NC(C)=O)C(O)O[C@@H]5CO)[C@@H](O)[C@@H](O[C@H]5O[C@H](CO)[C@@H](O)[C@H](O)[C@@H]5O[C@@H]5O[C@H](CO)[C@@H](O[C@@H]6O[C@H](CO)[C@H](OS(=O)(=O)O)[C@H](O)[C@H]6NC(C)=O)[C@H](O)[C@H]5NC(C)=O)[C@@H]4O)O[C@H](CO)[C@@H](O)[C@@H]3O)O[C@@H]2CO)O[C@H](CO)[C@H](OS(=O)(=O)O)[C@@H]1O. The van der Waals surface area contributed by atoms with E-state index in [1.54, 1.807) is 0 Å². The van der Waals surface area contributed by atoms with Crippen LogP contribution < -0.4 is 26.6 Å². The van der Waals surface area contributed by atoms with Gasteiger partial charge in [0.2, 0.25) is 29.5 Å². The van der Waals surface area contributed by atoms with Gasteiger partial charge in [-0.3, -0.25) is 33.1 Å². The Morgan fingerprint density at radius 1 is 0.277 bits per heavy atom. The molecule has 0 bridgehead atoms. The Hall–Kier alpha value is -4.27. The molecule has 112 heavy (non-hydrogen) atoms. The summed E-state index contributed by atoms with van der Waals surface area (Å²) in [6.45, 7) is -4.82. The van der Waals surface area contributed by atoms with Gasteiger partial charge in [0, 0.05) is 34.6 Å². The number of rotatable bonds is 31. The maximum atomic E-state index is 13.0. The minimum Gasteiger partial charge on any atom is -0.394 e. The van der Waals surface area contributed by atoms with E-state index in [1.165, 1.54) is 0 Å². The van der Waals surface area contributed by atoms with Gasteiger partial charge in [0.05, 0.1) is 52.9 Å². The summed E-state index contributed by atoms with van der Waals surface area (Å²) in [5.74, 6) is -4.75. The van der Waals surface area contributed by atoms with Crippen LogP contribution in [0, 0.1) is 0 Å². The summed E-state index contributed by atoms with van der Waals surface area (Å²) in [4.78, 5) is 63.1. The Morgan fingerprint density at radius 3 is 0.875 bits per heavy atom. The van der Waals surface area contributed by atoms with Crippen molar-refractivity contribution in [2.75, 3.05) is 52.9 Å². The van der Waals surface area contributed by atoms with Crippen LogP contribution in [0.5, 0.6) is 0 Å². The normalized spacial score (nSPS) is 45.0. The van der Waals surface area contributed by atoms with Crippen LogP contribution in [0.3, 0.4) is 0 Å². The quantitative estimate of drug-likeness (QED) is 0.0287. The Kier molecular flexibility index (Phi) is 33.3. The highest BCUT2D eigenvalue weighted by Crippen LogP contribution is 2.40. The van der Waals surface area contributed by atoms with Crippen LogP contribution in [0.15, 0.2) is 0 Å². The molecule has 0 saturated carbocycles. The molecule has 0 radical (unpaired) electrons. The lowest BCUT2D eigenvalue weighted by atomic mass is 9.94. The molecular weight excluding hydrogens is 1580 g/mol. The molecule has 0 aromatic rings. The first kappa shape index (κ1) is 93.2. The number of carbonyl (C=O) groups is 5. The molecule has 1 unspecified atom stereocenters. The van der Waals surface area contributed by atoms with E-state index in [2.05, 4.69) is 35.0 Å². The van der Waals surface area contributed by atoms with Gasteiger partial charge in [0.15, 0.2) is 50.3 Å². The molecule has 0 aromatic carbocycles. The predicted octanol–water partition coefficient (Wildman–Crippen LogP) is -18.1. The summed E-state index contributed by atoms with van der Waals surface area (Å²) < 4.78 is 164. The van der Waals surface area contributed by atoms with Crippen molar-refractivity contribution >= 4 is 50.3 Å². The van der Waals surface area contributed by atoms with Crippen LogP contribution in [0.4, 0.5) is 0 Å². The Labute approximate surface area is 634 Å². The minimum absolute atomic E-state index is 0.867. The van der Waals surface area contributed by atoms with Crippen molar-refractivity contribution in [3.05, 3.63) is 0 Å². The van der Waals surface area contributed by atoms with Crippen LogP contribution in [-0.4, -0.2) is 451 Å². The maximum absolute atomic E-state index is 13.0. The second kappa shape index (κ2) is 40.0. The predicted molar refractivity (Wildman–Crippen MR) is 343 cm³/mol. The van der Waals surface area contributed by atoms with E-state index in [1.807, 2.05) is 0 Å². The second-order valence-corrected chi connectivity index (χ2v) is 29.2. The number of nitrogens with one attached hydrogen (secondary N) is 5. The monoisotopic (exact) mass is 1680 g/mol. The van der Waals surface area contributed by atoms with Gasteiger partial charge in [-0.15, -0.1) is 0 Å². The third-order valence-electron chi connectivity index (χ3n) is 19.1. The van der Waals surface area contributed by atoms with Crippen molar-refractivity contribution in [3.63, 3.8) is 0 Å². The highest BCUT2D eigenvalue weighted by molar-refractivity contribution is 7.81. The van der Waals surface area contributed by atoms with Crippen molar-refractivity contribution in [1.29, 1.82) is 0 Å². The van der Waals surface area contributed by atoms with E-state index in [9.17, 15) is 147 Å². The Morgan fingerprint density at radius 2 is 0.536 bits per heavy atom. The van der Waals surface area contributed by atoms with Crippen molar-refractivity contribution in [3.8, 4) is 0 Å². The van der Waals surface area contributed by atoms with E-state index in [0.717, 1.165) is 34.6 Å². The third kappa shape index (κ3) is 22.2. The molecular formula is C58H97N5O47S2. The zero-order chi connectivity index (χ0) is 83.2. The third-order valence-corrected chi connectivity index (χ3v) is 20.0. The second-order valence-electron chi connectivity index (χ2n) is 27.1. The number of ether oxygens (including phenoxy) is 15. The highest BCUT2D eigenvalue weighted by atomic mass is 32.3. The Balaban J connectivity index is 1.11. The molecule has 5 amide bonds. The number of hydrogen-bond donors (Lipinski definition) is 26. The summed E-state index contributed by atoms with van der Waals surface area (Å²) in [5.41, 5.74) is 0. The number of amides is 5. The first-order chi connectivity index (χ1) is 52.5. The van der Waals surface area contributed by atoms with E-state index in [4.69, 9.17) is 71.1 Å². The van der Waals surface area contributed by atoms with Gasteiger partial charge in [-0.25, -0.2) is 8.37 Å². The number of hydrogen-bond acceptors (Lipinski definition) is 45. The fraction of sp³-hybridized carbons (Fsp3) is 0.914. The first-order valence-electron chi connectivity index (χ1n) is 34.4. The molecule has 52 nitrogen and oxygen atoms in total. The fourth-order valence-corrected chi connectivity index (χ4v) is 14.9. The molecule has 8 saturated heterocycles. The molecule has 0 aromatic heterocycles. The summed E-state index contributed by atoms with van der Waals surface area (Å²) >= 11 is 0. The number of carbonyl (C=O) groups excluding carboxylic acids is 5. The van der Waals surface area contributed by atoms with Crippen LogP contribution in [0.25, 0.3) is 0 Å². The molecule has 8 heterocycles. The lowest BCUT2D eigenvalue weighted by Gasteiger charge is -2.51. The fourth-order valence-electron chi connectivity index (χ4n) is 13.9.